The van der Waals surface area contributed by atoms with Crippen LogP contribution < -0.4 is 5.32 Å². The minimum Gasteiger partial charge on any atom is -0.381 e. The molecule has 0 unspecified atom stereocenters. The van der Waals surface area contributed by atoms with Gasteiger partial charge in [-0.3, -0.25) is 0 Å². The molecule has 1 N–H and O–H groups in total. The first-order chi connectivity index (χ1) is 8.19. The summed E-state index contributed by atoms with van der Waals surface area (Å²) >= 11 is 5.87. The van der Waals surface area contributed by atoms with E-state index in [0.717, 1.165) is 31.6 Å². The van der Waals surface area contributed by atoms with Crippen LogP contribution in [0.25, 0.3) is 0 Å². The second-order valence-electron chi connectivity index (χ2n) is 4.52. The van der Waals surface area contributed by atoms with E-state index in [4.69, 9.17) is 16.9 Å². The van der Waals surface area contributed by atoms with Crippen molar-refractivity contribution in [1.82, 2.24) is 4.90 Å². The SMILES string of the molecule is CN1CCC(Nc2ccc(Cl)cc2C#N)CC1. The highest BCUT2D eigenvalue weighted by Crippen LogP contribution is 2.22. The molecule has 1 aliphatic heterocycles. The van der Waals surface area contributed by atoms with Crippen LogP contribution in [0.3, 0.4) is 0 Å². The van der Waals surface area contributed by atoms with Gasteiger partial charge in [-0.15, -0.1) is 0 Å². The second kappa shape index (κ2) is 5.39. The van der Waals surface area contributed by atoms with Crippen molar-refractivity contribution in [3.05, 3.63) is 28.8 Å². The summed E-state index contributed by atoms with van der Waals surface area (Å²) in [6.07, 6.45) is 2.23. The summed E-state index contributed by atoms with van der Waals surface area (Å²) in [4.78, 5) is 2.32. The summed E-state index contributed by atoms with van der Waals surface area (Å²) in [5.74, 6) is 0. The average molecular weight is 250 g/mol. The molecule has 1 aliphatic rings. The molecule has 3 nitrogen and oxygen atoms in total. The van der Waals surface area contributed by atoms with Crippen molar-refractivity contribution >= 4 is 17.3 Å². The maximum atomic E-state index is 9.06. The van der Waals surface area contributed by atoms with Crippen LogP contribution >= 0.6 is 11.6 Å². The third-order valence-electron chi connectivity index (χ3n) is 3.18. The van der Waals surface area contributed by atoms with Gasteiger partial charge in [-0.25, -0.2) is 0 Å². The number of nitrogens with one attached hydrogen (secondary N) is 1. The second-order valence-corrected chi connectivity index (χ2v) is 4.96. The molecule has 1 saturated heterocycles. The lowest BCUT2D eigenvalue weighted by Crippen LogP contribution is -2.36. The summed E-state index contributed by atoms with van der Waals surface area (Å²) in [6.45, 7) is 2.21. The molecule has 0 atom stereocenters. The topological polar surface area (TPSA) is 39.1 Å². The Morgan fingerprint density at radius 1 is 1.41 bits per heavy atom. The molecule has 17 heavy (non-hydrogen) atoms. The van der Waals surface area contributed by atoms with E-state index in [2.05, 4.69) is 23.3 Å². The summed E-state index contributed by atoms with van der Waals surface area (Å²) in [5, 5.41) is 13.1. The molecule has 1 fully saturated rings. The predicted molar refractivity (Wildman–Crippen MR) is 70.3 cm³/mol. The van der Waals surface area contributed by atoms with Crippen molar-refractivity contribution in [1.29, 1.82) is 5.26 Å². The highest BCUT2D eigenvalue weighted by atomic mass is 35.5. The van der Waals surface area contributed by atoms with Crippen LogP contribution in [0, 0.1) is 11.3 Å². The Morgan fingerprint density at radius 3 is 2.76 bits per heavy atom. The molecule has 90 valence electrons. The molecule has 1 aromatic carbocycles. The van der Waals surface area contributed by atoms with Crippen LogP contribution in [0.15, 0.2) is 18.2 Å². The first-order valence-electron chi connectivity index (χ1n) is 5.84. The number of nitrogens with zero attached hydrogens (tertiary/aromatic N) is 2. The van der Waals surface area contributed by atoms with E-state index in [1.165, 1.54) is 0 Å². The monoisotopic (exact) mass is 249 g/mol. The van der Waals surface area contributed by atoms with E-state index >= 15 is 0 Å². The lowest BCUT2D eigenvalue weighted by atomic mass is 10.0. The fourth-order valence-electron chi connectivity index (χ4n) is 2.11. The molecular formula is C13H16ClN3. The largest absolute Gasteiger partial charge is 0.381 e. The van der Waals surface area contributed by atoms with Gasteiger partial charge in [0.25, 0.3) is 0 Å². The molecule has 0 amide bonds. The van der Waals surface area contributed by atoms with Crippen molar-refractivity contribution in [3.63, 3.8) is 0 Å². The molecule has 2 rings (SSSR count). The van der Waals surface area contributed by atoms with Crippen LogP contribution in [0.5, 0.6) is 0 Å². The van der Waals surface area contributed by atoms with Gasteiger partial charge in [-0.05, 0) is 51.2 Å². The Balaban J connectivity index is 2.06. The Labute approximate surface area is 107 Å². The molecular weight excluding hydrogens is 234 g/mol. The summed E-state index contributed by atoms with van der Waals surface area (Å²) < 4.78 is 0. The number of hydrogen-bond donors (Lipinski definition) is 1. The van der Waals surface area contributed by atoms with Crippen LogP contribution in [-0.2, 0) is 0 Å². The minimum atomic E-state index is 0.458. The van der Waals surface area contributed by atoms with E-state index in [0.29, 0.717) is 16.6 Å². The smallest absolute Gasteiger partial charge is 0.101 e. The van der Waals surface area contributed by atoms with Gasteiger partial charge in [-0.1, -0.05) is 11.6 Å². The van der Waals surface area contributed by atoms with E-state index in [9.17, 15) is 0 Å². The lowest BCUT2D eigenvalue weighted by Gasteiger charge is -2.30. The molecule has 0 radical (unpaired) electrons. The van der Waals surface area contributed by atoms with Gasteiger partial charge in [0.05, 0.1) is 11.3 Å². The molecule has 0 aliphatic carbocycles. The average Bonchev–Trinajstić information content (AvgIpc) is 2.34. The van der Waals surface area contributed by atoms with Gasteiger partial charge in [0.15, 0.2) is 0 Å². The Bertz CT molecular complexity index is 431. The highest BCUT2D eigenvalue weighted by Gasteiger charge is 2.17. The molecule has 0 saturated carbocycles. The number of piperidine rings is 1. The number of rotatable bonds is 2. The Hall–Kier alpha value is -1.24. The maximum Gasteiger partial charge on any atom is 0.101 e. The van der Waals surface area contributed by atoms with Gasteiger partial charge >= 0.3 is 0 Å². The first-order valence-corrected chi connectivity index (χ1v) is 6.21. The number of likely N-dealkylation sites (tertiary alicyclic amines) is 1. The Kier molecular flexibility index (Phi) is 3.88. The van der Waals surface area contributed by atoms with Gasteiger partial charge in [0.1, 0.15) is 6.07 Å². The lowest BCUT2D eigenvalue weighted by molar-refractivity contribution is 0.264. The zero-order chi connectivity index (χ0) is 12.3. The molecule has 1 heterocycles. The van der Waals surface area contributed by atoms with Crippen molar-refractivity contribution in [2.45, 2.75) is 18.9 Å². The van der Waals surface area contributed by atoms with Crippen molar-refractivity contribution in [2.24, 2.45) is 0 Å². The fourth-order valence-corrected chi connectivity index (χ4v) is 2.28. The van der Waals surface area contributed by atoms with E-state index in [1.807, 2.05) is 12.1 Å². The molecule has 0 spiro atoms. The number of anilines is 1. The van der Waals surface area contributed by atoms with Gasteiger partial charge < -0.3 is 10.2 Å². The molecule has 0 bridgehead atoms. The third-order valence-corrected chi connectivity index (χ3v) is 3.42. The van der Waals surface area contributed by atoms with Crippen LogP contribution in [0.1, 0.15) is 18.4 Å². The highest BCUT2D eigenvalue weighted by molar-refractivity contribution is 6.30. The predicted octanol–water partition coefficient (Wildman–Crippen LogP) is 2.72. The van der Waals surface area contributed by atoms with Crippen molar-refractivity contribution < 1.29 is 0 Å². The minimum absolute atomic E-state index is 0.458. The molecule has 4 heteroatoms. The number of halogens is 1. The summed E-state index contributed by atoms with van der Waals surface area (Å²) in [6, 6.07) is 8.05. The molecule has 0 aromatic heterocycles. The van der Waals surface area contributed by atoms with Gasteiger partial charge in [-0.2, -0.15) is 5.26 Å². The van der Waals surface area contributed by atoms with Gasteiger partial charge in [0, 0.05) is 11.1 Å². The first kappa shape index (κ1) is 12.2. The number of hydrogen-bond acceptors (Lipinski definition) is 3. The fraction of sp³-hybridized carbons (Fsp3) is 0.462. The maximum absolute atomic E-state index is 9.06. The van der Waals surface area contributed by atoms with E-state index in [-0.39, 0.29) is 0 Å². The summed E-state index contributed by atoms with van der Waals surface area (Å²) in [7, 11) is 2.14. The summed E-state index contributed by atoms with van der Waals surface area (Å²) in [5.41, 5.74) is 1.52. The number of benzene rings is 1. The van der Waals surface area contributed by atoms with Crippen LogP contribution in [0.2, 0.25) is 5.02 Å². The zero-order valence-electron chi connectivity index (χ0n) is 9.91. The Morgan fingerprint density at radius 2 is 2.12 bits per heavy atom. The number of nitriles is 1. The van der Waals surface area contributed by atoms with Crippen molar-refractivity contribution in [3.8, 4) is 6.07 Å². The quantitative estimate of drug-likeness (QED) is 0.876. The zero-order valence-corrected chi connectivity index (χ0v) is 10.7. The standard InChI is InChI=1S/C13H16ClN3/c1-17-6-4-12(5-7-17)16-13-3-2-11(14)8-10(13)9-15/h2-3,8,12,16H,4-7H2,1H3. The normalized spacial score (nSPS) is 17.7. The van der Waals surface area contributed by atoms with E-state index in [1.54, 1.807) is 6.07 Å². The van der Waals surface area contributed by atoms with Crippen LogP contribution in [0.4, 0.5) is 5.69 Å². The van der Waals surface area contributed by atoms with Gasteiger partial charge in [0.2, 0.25) is 0 Å². The third kappa shape index (κ3) is 3.12. The van der Waals surface area contributed by atoms with E-state index < -0.39 is 0 Å². The van der Waals surface area contributed by atoms with Crippen LogP contribution in [-0.4, -0.2) is 31.1 Å². The van der Waals surface area contributed by atoms with Crippen molar-refractivity contribution in [2.75, 3.05) is 25.5 Å². The molecule has 1 aromatic rings.